The first-order chi connectivity index (χ1) is 6.75. The number of benzene rings is 1. The fourth-order valence-corrected chi connectivity index (χ4v) is 1.80. The van der Waals surface area contributed by atoms with Crippen molar-refractivity contribution in [3.63, 3.8) is 0 Å². The highest BCUT2D eigenvalue weighted by Gasteiger charge is 2.14. The van der Waals surface area contributed by atoms with Gasteiger partial charge in [-0.3, -0.25) is 4.84 Å². The molecule has 1 heterocycles. The first-order valence-corrected chi connectivity index (χ1v) is 5.37. The molecule has 14 heavy (non-hydrogen) atoms. The fraction of sp³-hybridized carbons (Fsp3) is 0.400. The highest BCUT2D eigenvalue weighted by Crippen LogP contribution is 2.18. The Balaban J connectivity index is 2.08. The zero-order chi connectivity index (χ0) is 9.97. The van der Waals surface area contributed by atoms with E-state index in [2.05, 4.69) is 15.9 Å². The fourth-order valence-electron chi connectivity index (χ4n) is 1.46. The van der Waals surface area contributed by atoms with Crippen molar-refractivity contribution in [2.24, 2.45) is 0 Å². The average molecular weight is 260 g/mol. The minimum atomic E-state index is -0.185. The molecule has 0 N–H and O–H groups in total. The second kappa shape index (κ2) is 4.38. The maximum absolute atomic E-state index is 13.4. The van der Waals surface area contributed by atoms with Crippen molar-refractivity contribution in [1.82, 2.24) is 5.06 Å². The van der Waals surface area contributed by atoms with Crippen LogP contribution in [0.25, 0.3) is 0 Å². The van der Waals surface area contributed by atoms with Crippen LogP contribution in [-0.2, 0) is 11.4 Å². The molecule has 0 radical (unpaired) electrons. The first kappa shape index (κ1) is 10.1. The number of hydrogen-bond donors (Lipinski definition) is 0. The van der Waals surface area contributed by atoms with Crippen molar-refractivity contribution in [2.75, 3.05) is 13.2 Å². The van der Waals surface area contributed by atoms with Gasteiger partial charge in [0.15, 0.2) is 0 Å². The van der Waals surface area contributed by atoms with Gasteiger partial charge in [-0.25, -0.2) is 4.39 Å². The van der Waals surface area contributed by atoms with Crippen molar-refractivity contribution in [1.29, 1.82) is 0 Å². The average Bonchev–Trinajstić information content (AvgIpc) is 2.62. The first-order valence-electron chi connectivity index (χ1n) is 4.57. The summed E-state index contributed by atoms with van der Waals surface area (Å²) in [7, 11) is 0. The smallest absolute Gasteiger partial charge is 0.128 e. The van der Waals surface area contributed by atoms with Gasteiger partial charge in [0.2, 0.25) is 0 Å². The molecule has 2 nitrogen and oxygen atoms in total. The van der Waals surface area contributed by atoms with Crippen LogP contribution in [0.1, 0.15) is 12.0 Å². The second-order valence-corrected chi connectivity index (χ2v) is 4.20. The molecule has 0 aromatic heterocycles. The van der Waals surface area contributed by atoms with E-state index in [0.717, 1.165) is 24.0 Å². The van der Waals surface area contributed by atoms with Crippen LogP contribution in [0.15, 0.2) is 22.7 Å². The number of rotatable bonds is 2. The molecule has 2 rings (SSSR count). The maximum atomic E-state index is 13.4. The van der Waals surface area contributed by atoms with E-state index in [1.54, 1.807) is 11.1 Å². The van der Waals surface area contributed by atoms with Crippen LogP contribution >= 0.6 is 15.9 Å². The van der Waals surface area contributed by atoms with E-state index >= 15 is 0 Å². The molecule has 0 unspecified atom stereocenters. The summed E-state index contributed by atoms with van der Waals surface area (Å²) in [5.74, 6) is -0.185. The van der Waals surface area contributed by atoms with E-state index < -0.39 is 0 Å². The Morgan fingerprint density at radius 3 is 3.00 bits per heavy atom. The second-order valence-electron chi connectivity index (χ2n) is 3.29. The Bertz CT molecular complexity index is 326. The number of halogens is 2. The van der Waals surface area contributed by atoms with Crippen molar-refractivity contribution in [3.8, 4) is 0 Å². The van der Waals surface area contributed by atoms with E-state index in [4.69, 9.17) is 4.84 Å². The summed E-state index contributed by atoms with van der Waals surface area (Å²) in [4.78, 5) is 5.30. The van der Waals surface area contributed by atoms with Crippen molar-refractivity contribution in [2.45, 2.75) is 13.0 Å². The molecule has 0 spiro atoms. The molecule has 1 aromatic carbocycles. The largest absolute Gasteiger partial charge is 0.299 e. The van der Waals surface area contributed by atoms with Crippen LogP contribution in [0.2, 0.25) is 0 Å². The van der Waals surface area contributed by atoms with Crippen LogP contribution in [0, 0.1) is 5.82 Å². The van der Waals surface area contributed by atoms with E-state index in [1.807, 2.05) is 6.07 Å². The maximum Gasteiger partial charge on any atom is 0.128 e. The number of nitrogens with zero attached hydrogens (tertiary/aromatic N) is 1. The molecule has 1 aliphatic rings. The Morgan fingerprint density at radius 2 is 2.36 bits per heavy atom. The third-order valence-electron chi connectivity index (χ3n) is 2.19. The molecule has 1 fully saturated rings. The van der Waals surface area contributed by atoms with Gasteiger partial charge < -0.3 is 0 Å². The van der Waals surface area contributed by atoms with Crippen LogP contribution in [-0.4, -0.2) is 18.2 Å². The van der Waals surface area contributed by atoms with Gasteiger partial charge in [-0.05, 0) is 18.6 Å². The van der Waals surface area contributed by atoms with E-state index in [1.165, 1.54) is 6.07 Å². The van der Waals surface area contributed by atoms with Crippen LogP contribution < -0.4 is 0 Å². The van der Waals surface area contributed by atoms with Gasteiger partial charge in [0, 0.05) is 16.6 Å². The number of hydrogen-bond acceptors (Lipinski definition) is 2. The highest BCUT2D eigenvalue weighted by atomic mass is 79.9. The molecule has 4 heteroatoms. The normalized spacial score (nSPS) is 17.6. The standard InChI is InChI=1S/C10H11BrFNO/c11-9-3-2-8(10(12)6-9)7-13-4-1-5-14-13/h2-3,6H,1,4-5,7H2. The summed E-state index contributed by atoms with van der Waals surface area (Å²) in [6.45, 7) is 2.16. The monoisotopic (exact) mass is 259 g/mol. The molecule has 1 aliphatic heterocycles. The summed E-state index contributed by atoms with van der Waals surface area (Å²) in [6, 6.07) is 5.10. The molecule has 0 amide bonds. The minimum absolute atomic E-state index is 0.185. The van der Waals surface area contributed by atoms with Crippen LogP contribution in [0.5, 0.6) is 0 Å². The van der Waals surface area contributed by atoms with E-state index in [0.29, 0.717) is 12.1 Å². The zero-order valence-corrected chi connectivity index (χ0v) is 9.26. The van der Waals surface area contributed by atoms with Gasteiger partial charge >= 0.3 is 0 Å². The lowest BCUT2D eigenvalue weighted by Crippen LogP contribution is -2.17. The van der Waals surface area contributed by atoms with Gasteiger partial charge in [0.1, 0.15) is 5.82 Å². The third-order valence-corrected chi connectivity index (χ3v) is 2.68. The number of hydroxylamine groups is 2. The van der Waals surface area contributed by atoms with Crippen LogP contribution in [0.3, 0.4) is 0 Å². The minimum Gasteiger partial charge on any atom is -0.299 e. The molecule has 1 saturated heterocycles. The quantitative estimate of drug-likeness (QED) is 0.810. The molecule has 0 atom stereocenters. The topological polar surface area (TPSA) is 12.5 Å². The van der Waals surface area contributed by atoms with Gasteiger partial charge in [-0.1, -0.05) is 22.0 Å². The van der Waals surface area contributed by atoms with Crippen molar-refractivity contribution in [3.05, 3.63) is 34.1 Å². The van der Waals surface area contributed by atoms with Crippen LogP contribution in [0.4, 0.5) is 4.39 Å². The van der Waals surface area contributed by atoms with Gasteiger partial charge in [-0.15, -0.1) is 0 Å². The Hall–Kier alpha value is -0.450. The lowest BCUT2D eigenvalue weighted by Gasteiger charge is -2.13. The third kappa shape index (κ3) is 2.32. The molecule has 0 aliphatic carbocycles. The zero-order valence-electron chi connectivity index (χ0n) is 7.67. The van der Waals surface area contributed by atoms with Gasteiger partial charge in [0.25, 0.3) is 0 Å². The van der Waals surface area contributed by atoms with E-state index in [9.17, 15) is 4.39 Å². The Labute approximate surface area is 90.7 Å². The highest BCUT2D eigenvalue weighted by molar-refractivity contribution is 9.10. The molecular weight excluding hydrogens is 249 g/mol. The van der Waals surface area contributed by atoms with Gasteiger partial charge in [-0.2, -0.15) is 5.06 Å². The molecule has 1 aromatic rings. The summed E-state index contributed by atoms with van der Waals surface area (Å²) in [6.07, 6.45) is 1.03. The van der Waals surface area contributed by atoms with Gasteiger partial charge in [0.05, 0.1) is 13.2 Å². The van der Waals surface area contributed by atoms with Crippen molar-refractivity contribution < 1.29 is 9.23 Å². The molecular formula is C10H11BrFNO. The summed E-state index contributed by atoms with van der Waals surface area (Å²) in [5, 5.41) is 1.80. The SMILES string of the molecule is Fc1cc(Br)ccc1CN1CCCO1. The lowest BCUT2D eigenvalue weighted by atomic mass is 10.2. The van der Waals surface area contributed by atoms with Crippen molar-refractivity contribution >= 4 is 15.9 Å². The lowest BCUT2D eigenvalue weighted by molar-refractivity contribution is -0.117. The predicted molar refractivity (Wildman–Crippen MR) is 55.1 cm³/mol. The molecule has 76 valence electrons. The summed E-state index contributed by atoms with van der Waals surface area (Å²) >= 11 is 3.22. The summed E-state index contributed by atoms with van der Waals surface area (Å²) in [5.41, 5.74) is 0.676. The predicted octanol–water partition coefficient (Wildman–Crippen LogP) is 2.73. The Kier molecular flexibility index (Phi) is 3.15. The molecule has 0 saturated carbocycles. The Morgan fingerprint density at radius 1 is 1.50 bits per heavy atom. The summed E-state index contributed by atoms with van der Waals surface area (Å²) < 4.78 is 14.2. The molecule has 0 bridgehead atoms. The van der Waals surface area contributed by atoms with E-state index in [-0.39, 0.29) is 5.82 Å².